The lowest BCUT2D eigenvalue weighted by Crippen LogP contribution is -2.38. The maximum Gasteiger partial charge on any atom is 0.224 e. The van der Waals surface area contributed by atoms with Crippen LogP contribution in [0.3, 0.4) is 0 Å². The van der Waals surface area contributed by atoms with E-state index in [0.29, 0.717) is 18.6 Å². The third kappa shape index (κ3) is 3.72. The fourth-order valence-electron chi connectivity index (χ4n) is 4.81. The summed E-state index contributed by atoms with van der Waals surface area (Å²) in [6, 6.07) is 19.4. The molecule has 2 fully saturated rings. The first-order chi connectivity index (χ1) is 13.3. The summed E-state index contributed by atoms with van der Waals surface area (Å²) < 4.78 is 5.40. The molecule has 142 valence electrons. The lowest BCUT2D eigenvalue weighted by molar-refractivity contribution is -0.125. The van der Waals surface area contributed by atoms with Crippen molar-refractivity contribution in [1.29, 1.82) is 0 Å². The van der Waals surface area contributed by atoms with Gasteiger partial charge in [0, 0.05) is 18.6 Å². The number of para-hydroxylation sites is 1. The van der Waals surface area contributed by atoms with Gasteiger partial charge in [-0.15, -0.1) is 0 Å². The minimum absolute atomic E-state index is 0.0929. The van der Waals surface area contributed by atoms with Crippen molar-refractivity contribution < 1.29 is 9.53 Å². The number of hydrogen-bond donors (Lipinski definition) is 1. The number of nitrogens with one attached hydrogen (secondary N) is 1. The van der Waals surface area contributed by atoms with Crippen molar-refractivity contribution in [2.24, 2.45) is 5.92 Å². The molecule has 1 N–H and O–H groups in total. The van der Waals surface area contributed by atoms with Crippen LogP contribution in [-0.2, 0) is 11.2 Å². The average molecular weight is 364 g/mol. The van der Waals surface area contributed by atoms with Gasteiger partial charge in [0.25, 0.3) is 0 Å². The molecule has 0 spiro atoms. The van der Waals surface area contributed by atoms with Crippen molar-refractivity contribution in [3.63, 3.8) is 0 Å². The quantitative estimate of drug-likeness (QED) is 0.852. The van der Waals surface area contributed by atoms with Crippen LogP contribution in [0.4, 0.5) is 0 Å². The molecule has 1 amide bonds. The predicted octanol–water partition coefficient (Wildman–Crippen LogP) is 3.58. The van der Waals surface area contributed by atoms with Gasteiger partial charge in [0.1, 0.15) is 5.75 Å². The summed E-state index contributed by atoms with van der Waals surface area (Å²) in [7, 11) is 1.69. The summed E-state index contributed by atoms with van der Waals surface area (Å²) in [5, 5.41) is 3.19. The van der Waals surface area contributed by atoms with E-state index >= 15 is 0 Å². The minimum Gasteiger partial charge on any atom is -0.496 e. The topological polar surface area (TPSA) is 41.6 Å². The van der Waals surface area contributed by atoms with Gasteiger partial charge < -0.3 is 10.1 Å². The van der Waals surface area contributed by atoms with E-state index in [-0.39, 0.29) is 11.8 Å². The van der Waals surface area contributed by atoms with Crippen molar-refractivity contribution >= 4 is 5.91 Å². The van der Waals surface area contributed by atoms with E-state index in [1.54, 1.807) is 7.11 Å². The van der Waals surface area contributed by atoms with Crippen molar-refractivity contribution in [1.82, 2.24) is 10.2 Å². The van der Waals surface area contributed by atoms with Gasteiger partial charge in [-0.05, 0) is 49.4 Å². The van der Waals surface area contributed by atoms with E-state index in [2.05, 4.69) is 46.6 Å². The summed E-state index contributed by atoms with van der Waals surface area (Å²) in [4.78, 5) is 15.5. The minimum atomic E-state index is 0.0929. The molecule has 0 saturated carbocycles. The van der Waals surface area contributed by atoms with Gasteiger partial charge in [-0.25, -0.2) is 0 Å². The number of hydrogen-bond acceptors (Lipinski definition) is 3. The molecular formula is C23H28N2O2. The highest BCUT2D eigenvalue weighted by Gasteiger charge is 2.46. The number of nitrogens with zero attached hydrogens (tertiary/aromatic N) is 1. The van der Waals surface area contributed by atoms with Crippen LogP contribution >= 0.6 is 0 Å². The molecular weight excluding hydrogens is 336 g/mol. The van der Waals surface area contributed by atoms with Crippen LogP contribution in [0.1, 0.15) is 36.4 Å². The first-order valence-electron chi connectivity index (χ1n) is 9.98. The molecule has 27 heavy (non-hydrogen) atoms. The summed E-state index contributed by atoms with van der Waals surface area (Å²) >= 11 is 0. The molecule has 2 aliphatic heterocycles. The highest BCUT2D eigenvalue weighted by atomic mass is 16.5. The number of ether oxygens (including phenoxy) is 1. The highest BCUT2D eigenvalue weighted by Crippen LogP contribution is 2.44. The molecule has 2 aromatic rings. The normalized spacial score (nSPS) is 24.6. The number of amides is 1. The maximum atomic E-state index is 12.9. The molecule has 0 aromatic heterocycles. The Hall–Kier alpha value is -2.33. The third-order valence-electron chi connectivity index (χ3n) is 6.09. The van der Waals surface area contributed by atoms with E-state index in [1.807, 2.05) is 18.2 Å². The number of carbonyl (C=O) groups is 1. The Bertz CT molecular complexity index is 777. The SMILES string of the molecule is COc1ccccc1CCNC(=O)[C@@H]1C[C@H](c2ccccc2)N2CCC[C@@H]12. The molecule has 2 saturated heterocycles. The summed E-state index contributed by atoms with van der Waals surface area (Å²) in [5.74, 6) is 1.19. The fraction of sp³-hybridized carbons (Fsp3) is 0.435. The Morgan fingerprint density at radius 3 is 2.74 bits per heavy atom. The first-order valence-corrected chi connectivity index (χ1v) is 9.98. The van der Waals surface area contributed by atoms with Crippen LogP contribution < -0.4 is 10.1 Å². The van der Waals surface area contributed by atoms with Gasteiger partial charge in [-0.2, -0.15) is 0 Å². The van der Waals surface area contributed by atoms with Crippen LogP contribution in [0.15, 0.2) is 54.6 Å². The van der Waals surface area contributed by atoms with Gasteiger partial charge in [0.2, 0.25) is 5.91 Å². The van der Waals surface area contributed by atoms with Gasteiger partial charge in [0.15, 0.2) is 0 Å². The molecule has 4 rings (SSSR count). The second-order valence-corrected chi connectivity index (χ2v) is 7.57. The smallest absolute Gasteiger partial charge is 0.224 e. The lowest BCUT2D eigenvalue weighted by atomic mass is 9.93. The fourth-order valence-corrected chi connectivity index (χ4v) is 4.81. The van der Waals surface area contributed by atoms with E-state index < -0.39 is 0 Å². The van der Waals surface area contributed by atoms with Crippen molar-refractivity contribution in [2.45, 2.75) is 37.8 Å². The van der Waals surface area contributed by atoms with Crippen molar-refractivity contribution in [2.75, 3.05) is 20.2 Å². The summed E-state index contributed by atoms with van der Waals surface area (Å²) in [6.07, 6.45) is 4.04. The van der Waals surface area contributed by atoms with E-state index in [0.717, 1.165) is 37.1 Å². The second-order valence-electron chi connectivity index (χ2n) is 7.57. The van der Waals surface area contributed by atoms with Gasteiger partial charge in [-0.3, -0.25) is 9.69 Å². The second kappa shape index (κ2) is 8.13. The zero-order valence-electron chi connectivity index (χ0n) is 15.9. The Morgan fingerprint density at radius 2 is 1.93 bits per heavy atom. The zero-order chi connectivity index (χ0) is 18.6. The van der Waals surface area contributed by atoms with Crippen LogP contribution in [0.5, 0.6) is 5.75 Å². The predicted molar refractivity (Wildman–Crippen MR) is 107 cm³/mol. The van der Waals surface area contributed by atoms with Crippen LogP contribution in [-0.4, -0.2) is 37.0 Å². The number of rotatable bonds is 6. The molecule has 0 bridgehead atoms. The number of fused-ring (bicyclic) bond motifs is 1. The highest BCUT2D eigenvalue weighted by molar-refractivity contribution is 5.80. The Balaban J connectivity index is 1.38. The summed E-state index contributed by atoms with van der Waals surface area (Å²) in [5.41, 5.74) is 2.48. The van der Waals surface area contributed by atoms with Crippen molar-refractivity contribution in [3.8, 4) is 5.75 Å². The monoisotopic (exact) mass is 364 g/mol. The average Bonchev–Trinajstić information content (AvgIpc) is 3.31. The van der Waals surface area contributed by atoms with Gasteiger partial charge in [-0.1, -0.05) is 48.5 Å². The van der Waals surface area contributed by atoms with Crippen LogP contribution in [0.25, 0.3) is 0 Å². The molecule has 2 aliphatic rings. The number of benzene rings is 2. The molecule has 3 atom stereocenters. The van der Waals surface area contributed by atoms with E-state index in [1.165, 1.54) is 12.0 Å². The first kappa shape index (κ1) is 18.1. The zero-order valence-corrected chi connectivity index (χ0v) is 15.9. The molecule has 4 heteroatoms. The lowest BCUT2D eigenvalue weighted by Gasteiger charge is -2.24. The number of methoxy groups -OCH3 is 1. The van der Waals surface area contributed by atoms with Crippen LogP contribution in [0.2, 0.25) is 0 Å². The Morgan fingerprint density at radius 1 is 1.15 bits per heavy atom. The van der Waals surface area contributed by atoms with E-state index in [9.17, 15) is 4.79 Å². The Labute approximate surface area is 161 Å². The maximum absolute atomic E-state index is 12.9. The molecule has 4 nitrogen and oxygen atoms in total. The number of carbonyl (C=O) groups excluding carboxylic acids is 1. The van der Waals surface area contributed by atoms with E-state index in [4.69, 9.17) is 4.74 Å². The molecule has 0 radical (unpaired) electrons. The molecule has 2 heterocycles. The largest absolute Gasteiger partial charge is 0.496 e. The van der Waals surface area contributed by atoms with Gasteiger partial charge >= 0.3 is 0 Å². The molecule has 0 aliphatic carbocycles. The summed E-state index contributed by atoms with van der Waals surface area (Å²) in [6.45, 7) is 1.76. The standard InChI is InChI=1S/C23H28N2O2/c1-27-22-12-6-5-10-18(22)13-14-24-23(26)19-16-21(17-8-3-2-4-9-17)25-15-7-11-20(19)25/h2-6,8-10,12,19-21H,7,11,13-16H2,1H3,(H,24,26)/t19-,20+,21-/m1/s1. The van der Waals surface area contributed by atoms with Crippen molar-refractivity contribution in [3.05, 3.63) is 65.7 Å². The van der Waals surface area contributed by atoms with Gasteiger partial charge in [0.05, 0.1) is 13.0 Å². The molecule has 2 aromatic carbocycles. The van der Waals surface area contributed by atoms with Crippen LogP contribution in [0, 0.1) is 5.92 Å². The molecule has 0 unspecified atom stereocenters. The third-order valence-corrected chi connectivity index (χ3v) is 6.09. The Kier molecular flexibility index (Phi) is 5.44.